The summed E-state index contributed by atoms with van der Waals surface area (Å²) in [5.41, 5.74) is 0. The van der Waals surface area contributed by atoms with Gasteiger partial charge in [0.15, 0.2) is 0 Å². The fourth-order valence-corrected chi connectivity index (χ4v) is 2.43. The van der Waals surface area contributed by atoms with Gasteiger partial charge in [-0.05, 0) is 52.0 Å². The van der Waals surface area contributed by atoms with Gasteiger partial charge in [-0.25, -0.2) is 0 Å². The molecular weight excluding hydrogens is 224 g/mol. The highest BCUT2D eigenvalue weighted by atomic mass is 35.5. The summed E-state index contributed by atoms with van der Waals surface area (Å²) in [6, 6.07) is 0.883. The van der Waals surface area contributed by atoms with Crippen molar-refractivity contribution in [3.8, 4) is 0 Å². The van der Waals surface area contributed by atoms with Crippen LogP contribution in [0, 0.1) is 11.8 Å². The Labute approximate surface area is 104 Å². The molecule has 2 rings (SSSR count). The SMILES string of the molecule is CC(NC(=O)[C@H]1CCN[C@@H](C)C1)C1CC1.Cl. The van der Waals surface area contributed by atoms with Crippen molar-refractivity contribution >= 4 is 18.3 Å². The van der Waals surface area contributed by atoms with Gasteiger partial charge in [0, 0.05) is 18.0 Å². The number of hydrogen-bond donors (Lipinski definition) is 2. The standard InChI is InChI=1S/C12H22N2O.ClH/c1-8-7-11(5-6-13-8)12(15)14-9(2)10-3-4-10;/h8-11,13H,3-7H2,1-2H3,(H,14,15);1H/t8-,9?,11-;/m0./s1. The molecule has 1 aliphatic heterocycles. The van der Waals surface area contributed by atoms with E-state index in [1.165, 1.54) is 12.8 Å². The summed E-state index contributed by atoms with van der Waals surface area (Å²) in [6.07, 6.45) is 4.57. The fraction of sp³-hybridized carbons (Fsp3) is 0.917. The first kappa shape index (κ1) is 13.8. The lowest BCUT2D eigenvalue weighted by Gasteiger charge is -2.28. The van der Waals surface area contributed by atoms with E-state index in [0.29, 0.717) is 12.1 Å². The number of carbonyl (C=O) groups excluding carboxylic acids is 1. The summed E-state index contributed by atoms with van der Waals surface area (Å²) in [5.74, 6) is 1.28. The number of carbonyl (C=O) groups is 1. The van der Waals surface area contributed by atoms with Crippen LogP contribution in [0.25, 0.3) is 0 Å². The minimum absolute atomic E-state index is 0. The van der Waals surface area contributed by atoms with Crippen molar-refractivity contribution in [2.24, 2.45) is 11.8 Å². The second kappa shape index (κ2) is 5.87. The van der Waals surface area contributed by atoms with Crippen molar-refractivity contribution < 1.29 is 4.79 Å². The van der Waals surface area contributed by atoms with E-state index < -0.39 is 0 Å². The first-order chi connectivity index (χ1) is 7.16. The molecule has 2 aliphatic rings. The van der Waals surface area contributed by atoms with Crippen LogP contribution in [0.1, 0.15) is 39.5 Å². The van der Waals surface area contributed by atoms with Crippen LogP contribution in [0.3, 0.4) is 0 Å². The predicted molar refractivity (Wildman–Crippen MR) is 67.8 cm³/mol. The lowest BCUT2D eigenvalue weighted by atomic mass is 9.92. The van der Waals surface area contributed by atoms with E-state index in [1.807, 2.05) is 0 Å². The van der Waals surface area contributed by atoms with Crippen LogP contribution in [0.4, 0.5) is 0 Å². The molecule has 2 fully saturated rings. The van der Waals surface area contributed by atoms with Crippen molar-refractivity contribution in [1.82, 2.24) is 10.6 Å². The Morgan fingerprint density at radius 2 is 2.06 bits per heavy atom. The quantitative estimate of drug-likeness (QED) is 0.796. The Kier molecular flexibility index (Phi) is 5.06. The summed E-state index contributed by atoms with van der Waals surface area (Å²) in [4.78, 5) is 11.9. The third-order valence-electron chi connectivity index (χ3n) is 3.69. The molecule has 1 saturated carbocycles. The second-order valence-corrected chi connectivity index (χ2v) is 5.21. The van der Waals surface area contributed by atoms with E-state index in [1.54, 1.807) is 0 Å². The molecule has 0 radical (unpaired) electrons. The van der Waals surface area contributed by atoms with E-state index in [9.17, 15) is 4.79 Å². The molecule has 0 bridgehead atoms. The van der Waals surface area contributed by atoms with Gasteiger partial charge in [-0.15, -0.1) is 12.4 Å². The monoisotopic (exact) mass is 246 g/mol. The zero-order valence-electron chi connectivity index (χ0n) is 10.2. The number of piperidine rings is 1. The van der Waals surface area contributed by atoms with Gasteiger partial charge in [0.1, 0.15) is 0 Å². The van der Waals surface area contributed by atoms with Gasteiger partial charge in [0.25, 0.3) is 0 Å². The number of hydrogen-bond acceptors (Lipinski definition) is 2. The highest BCUT2D eigenvalue weighted by molar-refractivity contribution is 5.85. The van der Waals surface area contributed by atoms with Crippen molar-refractivity contribution in [3.05, 3.63) is 0 Å². The van der Waals surface area contributed by atoms with Gasteiger partial charge < -0.3 is 10.6 Å². The van der Waals surface area contributed by atoms with E-state index in [-0.39, 0.29) is 24.2 Å². The molecule has 3 nitrogen and oxygen atoms in total. The van der Waals surface area contributed by atoms with Gasteiger partial charge in [0.2, 0.25) is 5.91 Å². The minimum atomic E-state index is 0. The van der Waals surface area contributed by atoms with E-state index in [2.05, 4.69) is 24.5 Å². The molecule has 94 valence electrons. The predicted octanol–water partition coefficient (Wildman–Crippen LogP) is 1.71. The Morgan fingerprint density at radius 1 is 1.38 bits per heavy atom. The molecule has 1 unspecified atom stereocenters. The zero-order valence-corrected chi connectivity index (χ0v) is 11.0. The number of halogens is 1. The maximum atomic E-state index is 11.9. The van der Waals surface area contributed by atoms with Gasteiger partial charge >= 0.3 is 0 Å². The molecule has 3 atom stereocenters. The molecule has 1 aliphatic carbocycles. The Morgan fingerprint density at radius 3 is 2.62 bits per heavy atom. The molecule has 16 heavy (non-hydrogen) atoms. The lowest BCUT2D eigenvalue weighted by molar-refractivity contribution is -0.126. The summed E-state index contributed by atoms with van der Waals surface area (Å²) in [7, 11) is 0. The highest BCUT2D eigenvalue weighted by Crippen LogP contribution is 2.32. The molecule has 1 amide bonds. The zero-order chi connectivity index (χ0) is 10.8. The Balaban J connectivity index is 0.00000128. The van der Waals surface area contributed by atoms with Gasteiger partial charge in [-0.3, -0.25) is 4.79 Å². The van der Waals surface area contributed by atoms with Crippen LogP contribution in [-0.4, -0.2) is 24.5 Å². The summed E-state index contributed by atoms with van der Waals surface area (Å²) >= 11 is 0. The fourth-order valence-electron chi connectivity index (χ4n) is 2.43. The molecule has 1 heterocycles. The average Bonchev–Trinajstić information content (AvgIpc) is 3.00. The highest BCUT2D eigenvalue weighted by Gasteiger charge is 2.31. The smallest absolute Gasteiger partial charge is 0.223 e. The summed E-state index contributed by atoms with van der Waals surface area (Å²) in [6.45, 7) is 5.28. The van der Waals surface area contributed by atoms with Crippen molar-refractivity contribution in [2.45, 2.75) is 51.6 Å². The normalized spacial score (nSPS) is 31.4. The maximum absolute atomic E-state index is 11.9. The van der Waals surface area contributed by atoms with Crippen molar-refractivity contribution in [1.29, 1.82) is 0 Å². The second-order valence-electron chi connectivity index (χ2n) is 5.21. The number of amides is 1. The van der Waals surface area contributed by atoms with Gasteiger partial charge in [-0.2, -0.15) is 0 Å². The first-order valence-electron chi connectivity index (χ1n) is 6.20. The molecular formula is C12H23ClN2O. The lowest BCUT2D eigenvalue weighted by Crippen LogP contribution is -2.45. The van der Waals surface area contributed by atoms with Crippen LogP contribution in [0.15, 0.2) is 0 Å². The number of nitrogens with one attached hydrogen (secondary N) is 2. The van der Waals surface area contributed by atoms with Crippen molar-refractivity contribution in [2.75, 3.05) is 6.54 Å². The van der Waals surface area contributed by atoms with Crippen LogP contribution >= 0.6 is 12.4 Å². The van der Waals surface area contributed by atoms with Crippen molar-refractivity contribution in [3.63, 3.8) is 0 Å². The van der Waals surface area contributed by atoms with Crippen LogP contribution in [0.2, 0.25) is 0 Å². The first-order valence-corrected chi connectivity index (χ1v) is 6.20. The third kappa shape index (κ3) is 3.63. The van der Waals surface area contributed by atoms with Crippen LogP contribution in [0.5, 0.6) is 0 Å². The minimum Gasteiger partial charge on any atom is -0.353 e. The number of rotatable bonds is 3. The van der Waals surface area contributed by atoms with E-state index >= 15 is 0 Å². The molecule has 4 heteroatoms. The maximum Gasteiger partial charge on any atom is 0.223 e. The van der Waals surface area contributed by atoms with E-state index in [4.69, 9.17) is 0 Å². The summed E-state index contributed by atoms with van der Waals surface area (Å²) < 4.78 is 0. The largest absolute Gasteiger partial charge is 0.353 e. The molecule has 1 saturated heterocycles. The molecule has 0 aromatic rings. The van der Waals surface area contributed by atoms with Crippen LogP contribution < -0.4 is 10.6 Å². The van der Waals surface area contributed by atoms with Gasteiger partial charge in [0.05, 0.1) is 0 Å². The van der Waals surface area contributed by atoms with E-state index in [0.717, 1.165) is 25.3 Å². The molecule has 0 spiro atoms. The Bertz CT molecular complexity index is 243. The summed E-state index contributed by atoms with van der Waals surface area (Å²) in [5, 5.41) is 6.54. The molecule has 0 aromatic carbocycles. The third-order valence-corrected chi connectivity index (χ3v) is 3.69. The topological polar surface area (TPSA) is 41.1 Å². The van der Waals surface area contributed by atoms with Crippen LogP contribution in [-0.2, 0) is 4.79 Å². The molecule has 0 aromatic heterocycles. The van der Waals surface area contributed by atoms with Gasteiger partial charge in [-0.1, -0.05) is 0 Å². The molecule has 2 N–H and O–H groups in total. The Hall–Kier alpha value is -0.280. The average molecular weight is 247 g/mol.